The first-order valence-corrected chi connectivity index (χ1v) is 9.13. The van der Waals surface area contributed by atoms with E-state index >= 15 is 0 Å². The van der Waals surface area contributed by atoms with Crippen molar-refractivity contribution in [1.82, 2.24) is 25.1 Å². The van der Waals surface area contributed by atoms with Crippen LogP contribution in [-0.4, -0.2) is 38.7 Å². The van der Waals surface area contributed by atoms with Crippen LogP contribution < -0.4 is 16.2 Å². The lowest BCUT2D eigenvalue weighted by molar-refractivity contribution is -0.120. The van der Waals surface area contributed by atoms with Crippen molar-refractivity contribution in [3.8, 4) is 5.69 Å². The lowest BCUT2D eigenvalue weighted by Crippen LogP contribution is -2.30. The van der Waals surface area contributed by atoms with Gasteiger partial charge >= 0.3 is 0 Å². The molecule has 146 valence electrons. The summed E-state index contributed by atoms with van der Waals surface area (Å²) in [6.07, 6.45) is 0.268. The van der Waals surface area contributed by atoms with Gasteiger partial charge in [-0.3, -0.25) is 14.6 Å². The number of nitrogens with zero attached hydrogens (tertiary/aromatic N) is 3. The minimum absolute atomic E-state index is 0.0775. The van der Waals surface area contributed by atoms with Crippen molar-refractivity contribution in [1.29, 1.82) is 0 Å². The molecule has 8 nitrogen and oxygen atoms in total. The number of aromatic nitrogens is 4. The number of hydrogen-bond acceptors (Lipinski definition) is 5. The molecule has 8 heteroatoms. The maximum atomic E-state index is 12.3. The molecular formula is C20H24N6O2. The first-order chi connectivity index (χ1) is 13.4. The van der Waals surface area contributed by atoms with Gasteiger partial charge in [-0.25, -0.2) is 9.67 Å². The lowest BCUT2D eigenvalue weighted by Gasteiger charge is -2.08. The van der Waals surface area contributed by atoms with Gasteiger partial charge in [0.15, 0.2) is 0 Å². The fourth-order valence-corrected chi connectivity index (χ4v) is 3.02. The summed E-state index contributed by atoms with van der Waals surface area (Å²) in [7, 11) is 0. The normalized spacial score (nSPS) is 10.7. The molecule has 0 aliphatic rings. The molecule has 1 aromatic carbocycles. The molecule has 2 aromatic heterocycles. The van der Waals surface area contributed by atoms with E-state index in [-0.39, 0.29) is 17.9 Å². The second kappa shape index (κ2) is 8.51. The van der Waals surface area contributed by atoms with Crippen LogP contribution >= 0.6 is 0 Å². The van der Waals surface area contributed by atoms with E-state index in [4.69, 9.17) is 0 Å². The summed E-state index contributed by atoms with van der Waals surface area (Å²) in [5.74, 6) is 0.321. The molecule has 3 N–H and O–H groups in total. The number of para-hydroxylation sites is 1. The molecule has 0 spiro atoms. The van der Waals surface area contributed by atoms with Gasteiger partial charge in [0.2, 0.25) is 11.9 Å². The predicted octanol–water partition coefficient (Wildman–Crippen LogP) is 1.65. The summed E-state index contributed by atoms with van der Waals surface area (Å²) in [5, 5.41) is 10.4. The van der Waals surface area contributed by atoms with Crippen LogP contribution in [-0.2, 0) is 11.2 Å². The highest BCUT2D eigenvalue weighted by atomic mass is 16.1. The minimum atomic E-state index is -0.208. The van der Waals surface area contributed by atoms with Gasteiger partial charge in [-0.15, -0.1) is 0 Å². The summed E-state index contributed by atoms with van der Waals surface area (Å²) in [6.45, 7) is 6.51. The van der Waals surface area contributed by atoms with Gasteiger partial charge in [-0.1, -0.05) is 18.2 Å². The fourth-order valence-electron chi connectivity index (χ4n) is 3.02. The zero-order valence-electron chi connectivity index (χ0n) is 16.2. The van der Waals surface area contributed by atoms with E-state index in [1.165, 1.54) is 6.07 Å². The number of nitrogens with one attached hydrogen (secondary N) is 3. The quantitative estimate of drug-likeness (QED) is 0.541. The average Bonchev–Trinajstić information content (AvgIpc) is 2.93. The molecule has 0 radical (unpaired) electrons. The molecule has 2 heterocycles. The Morgan fingerprint density at radius 3 is 2.61 bits per heavy atom. The Labute approximate surface area is 163 Å². The second-order valence-electron chi connectivity index (χ2n) is 6.59. The van der Waals surface area contributed by atoms with Crippen LogP contribution in [0.5, 0.6) is 0 Å². The predicted molar refractivity (Wildman–Crippen MR) is 108 cm³/mol. The number of benzene rings is 1. The Balaban J connectivity index is 1.55. The number of aryl methyl sites for hydroxylation is 2. The first-order valence-electron chi connectivity index (χ1n) is 9.13. The van der Waals surface area contributed by atoms with Crippen LogP contribution in [0.15, 0.2) is 41.2 Å². The third-order valence-corrected chi connectivity index (χ3v) is 4.39. The van der Waals surface area contributed by atoms with Gasteiger partial charge in [0.25, 0.3) is 5.56 Å². The molecule has 0 unspecified atom stereocenters. The number of carbonyl (C=O) groups excluding carboxylic acids is 1. The van der Waals surface area contributed by atoms with E-state index in [2.05, 4.69) is 25.7 Å². The fraction of sp³-hybridized carbons (Fsp3) is 0.300. The Morgan fingerprint density at radius 2 is 1.89 bits per heavy atom. The minimum Gasteiger partial charge on any atom is -0.354 e. The Bertz CT molecular complexity index is 1020. The van der Waals surface area contributed by atoms with E-state index in [1.54, 1.807) is 6.92 Å². The van der Waals surface area contributed by atoms with E-state index in [9.17, 15) is 9.59 Å². The van der Waals surface area contributed by atoms with Crippen LogP contribution in [0, 0.1) is 20.8 Å². The van der Waals surface area contributed by atoms with Crippen molar-refractivity contribution in [3.05, 3.63) is 69.4 Å². The van der Waals surface area contributed by atoms with Crippen LogP contribution in [0.4, 0.5) is 5.95 Å². The first kappa shape index (κ1) is 19.3. The third kappa shape index (κ3) is 4.64. The summed E-state index contributed by atoms with van der Waals surface area (Å²) < 4.78 is 1.86. The average molecular weight is 380 g/mol. The number of rotatable bonds is 7. The van der Waals surface area contributed by atoms with Gasteiger partial charge in [-0.05, 0) is 32.9 Å². The standard InChI is InChI=1S/C20H24N6O2/c1-13-11-19(28)24-20(23-13)22-10-9-21-18(27)12-17-14(2)25-26(15(17)3)16-7-5-4-6-8-16/h4-8,11H,9-10,12H2,1-3H3,(H,21,27)(H2,22,23,24,28). The number of carbonyl (C=O) groups is 1. The van der Waals surface area contributed by atoms with Gasteiger partial charge in [0.05, 0.1) is 17.8 Å². The molecule has 0 aliphatic carbocycles. The van der Waals surface area contributed by atoms with Gasteiger partial charge < -0.3 is 10.6 Å². The van der Waals surface area contributed by atoms with E-state index in [1.807, 2.05) is 48.9 Å². The highest BCUT2D eigenvalue weighted by molar-refractivity contribution is 5.79. The molecule has 3 rings (SSSR count). The topological polar surface area (TPSA) is 105 Å². The van der Waals surface area contributed by atoms with Gasteiger partial charge in [0, 0.05) is 36.1 Å². The SMILES string of the molecule is Cc1cc(=O)[nH]c(NCCNC(=O)Cc2c(C)nn(-c3ccccc3)c2C)n1. The van der Waals surface area contributed by atoms with Crippen LogP contribution in [0.2, 0.25) is 0 Å². The smallest absolute Gasteiger partial charge is 0.252 e. The third-order valence-electron chi connectivity index (χ3n) is 4.39. The summed E-state index contributed by atoms with van der Waals surface area (Å²) in [5.41, 5.74) is 4.13. The highest BCUT2D eigenvalue weighted by Gasteiger charge is 2.15. The number of aromatic amines is 1. The molecule has 3 aromatic rings. The summed E-state index contributed by atoms with van der Waals surface area (Å²) in [6, 6.07) is 11.3. The van der Waals surface area contributed by atoms with Crippen molar-refractivity contribution in [3.63, 3.8) is 0 Å². The summed E-state index contributed by atoms with van der Waals surface area (Å²) in [4.78, 5) is 30.5. The number of anilines is 1. The zero-order chi connectivity index (χ0) is 20.1. The number of amides is 1. The zero-order valence-corrected chi connectivity index (χ0v) is 16.2. The maximum Gasteiger partial charge on any atom is 0.252 e. The monoisotopic (exact) mass is 380 g/mol. The van der Waals surface area contributed by atoms with Crippen molar-refractivity contribution in [2.24, 2.45) is 0 Å². The molecule has 0 atom stereocenters. The van der Waals surface area contributed by atoms with E-state index in [0.29, 0.717) is 24.7 Å². The Morgan fingerprint density at radius 1 is 1.14 bits per heavy atom. The van der Waals surface area contributed by atoms with Crippen molar-refractivity contribution in [2.45, 2.75) is 27.2 Å². The molecule has 28 heavy (non-hydrogen) atoms. The largest absolute Gasteiger partial charge is 0.354 e. The molecule has 0 saturated heterocycles. The van der Waals surface area contributed by atoms with Crippen molar-refractivity contribution < 1.29 is 4.79 Å². The van der Waals surface area contributed by atoms with E-state index < -0.39 is 0 Å². The highest BCUT2D eigenvalue weighted by Crippen LogP contribution is 2.18. The second-order valence-corrected chi connectivity index (χ2v) is 6.59. The summed E-state index contributed by atoms with van der Waals surface area (Å²) >= 11 is 0. The maximum absolute atomic E-state index is 12.3. The van der Waals surface area contributed by atoms with Crippen LogP contribution in [0.3, 0.4) is 0 Å². The number of hydrogen-bond donors (Lipinski definition) is 3. The number of H-pyrrole nitrogens is 1. The van der Waals surface area contributed by atoms with Crippen molar-refractivity contribution in [2.75, 3.05) is 18.4 Å². The van der Waals surface area contributed by atoms with Gasteiger partial charge in [0.1, 0.15) is 0 Å². The molecule has 1 amide bonds. The Hall–Kier alpha value is -3.42. The molecule has 0 saturated carbocycles. The Kier molecular flexibility index (Phi) is 5.88. The van der Waals surface area contributed by atoms with Crippen molar-refractivity contribution >= 4 is 11.9 Å². The van der Waals surface area contributed by atoms with Crippen LogP contribution in [0.25, 0.3) is 5.69 Å². The molecule has 0 aliphatic heterocycles. The molecule has 0 bridgehead atoms. The molecule has 0 fully saturated rings. The lowest BCUT2D eigenvalue weighted by atomic mass is 10.1. The van der Waals surface area contributed by atoms with E-state index in [0.717, 1.165) is 22.6 Å². The van der Waals surface area contributed by atoms with Crippen LogP contribution in [0.1, 0.15) is 22.6 Å². The van der Waals surface area contributed by atoms with Gasteiger partial charge in [-0.2, -0.15) is 5.10 Å². The molecular weight excluding hydrogens is 356 g/mol.